The van der Waals surface area contributed by atoms with Crippen molar-refractivity contribution in [2.24, 2.45) is 0 Å². The molecule has 0 bridgehead atoms. The van der Waals surface area contributed by atoms with Gasteiger partial charge in [-0.15, -0.1) is 0 Å². The summed E-state index contributed by atoms with van der Waals surface area (Å²) in [6, 6.07) is 121. The number of nitrogens with zero attached hydrogens (tertiary/aromatic N) is 6. The van der Waals surface area contributed by atoms with Gasteiger partial charge in [-0.3, -0.25) is 4.98 Å². The van der Waals surface area contributed by atoms with Crippen molar-refractivity contribution < 1.29 is 0 Å². The van der Waals surface area contributed by atoms with Crippen molar-refractivity contribution >= 4 is 121 Å². The number of hydrogen-bond donors (Lipinski definition) is 0. The average Bonchev–Trinajstić information content (AvgIpc) is 1.55. The Balaban J connectivity index is 0.750. The van der Waals surface area contributed by atoms with Gasteiger partial charge in [-0.2, -0.15) is 0 Å². The number of aromatic nitrogens is 4. The van der Waals surface area contributed by atoms with Crippen LogP contribution in [0, 0.1) is 0 Å². The summed E-state index contributed by atoms with van der Waals surface area (Å²) in [7, 11) is 0. The SMILES string of the molecule is c1ccc(N(c2ccc3c(c2)-c2cccc4c2c2c5c-3ccc(-c3cccc(N(c6cccnc6)c6ccc7c(c6)-c6cccc8c6c6c9c-7cccc9ccc6n8-c6ccccc6)c3)c5ccc2n4-c2ccccc2)c2ccc3c(c2)c2ccccc2n3-c2ccccc2)cc1. The number of pyridine rings is 1. The standard InChI is InChI=1S/C91H56N6/c1-5-22-59(23-6-1)93(66-42-49-81-79(55-66)71-32-13-14-36-80(71)95(81)60-24-7-2-8-25-60)64-40-44-70-76-46-45-68(75-47-50-85-91(87(75)76)89-74(78(70)53-64)35-18-38-83(89)97(85)62-28-11-4-12-29-62)58-21-15-30-63(52-58)94(67-31-19-51-92-56-67)65-41-43-69-72-33-16-20-57-39-48-84-90(86(57)72)88-73(77(69)54-65)34-17-37-82(88)96(84)61-26-9-3-10-27-61/h1-56H. The Morgan fingerprint density at radius 1 is 0.216 bits per heavy atom. The van der Waals surface area contributed by atoms with E-state index in [1.807, 2.05) is 18.5 Å². The highest BCUT2D eigenvalue weighted by atomic mass is 15.2. The Kier molecular flexibility index (Phi) is 11.4. The van der Waals surface area contributed by atoms with Crippen molar-refractivity contribution in [1.29, 1.82) is 0 Å². The van der Waals surface area contributed by atoms with Gasteiger partial charge in [0.05, 0.1) is 45.0 Å². The molecule has 2 aliphatic carbocycles. The molecule has 6 heteroatoms. The number of rotatable bonds is 10. The fraction of sp³-hybridized carbons (Fsp3) is 0. The van der Waals surface area contributed by atoms with Crippen LogP contribution in [0.1, 0.15) is 0 Å². The summed E-state index contributed by atoms with van der Waals surface area (Å²) in [5.41, 5.74) is 28.8. The second-order valence-electron chi connectivity index (χ2n) is 25.8. The van der Waals surface area contributed by atoms with Crippen molar-refractivity contribution in [1.82, 2.24) is 18.7 Å². The number of hydrogen-bond acceptors (Lipinski definition) is 3. The molecule has 0 N–H and O–H groups in total. The van der Waals surface area contributed by atoms with E-state index in [4.69, 9.17) is 4.98 Å². The van der Waals surface area contributed by atoms with E-state index in [1.54, 1.807) is 0 Å². The van der Waals surface area contributed by atoms with Crippen LogP contribution in [0.25, 0.3) is 160 Å². The minimum Gasteiger partial charge on any atom is -0.310 e. The molecule has 0 saturated heterocycles. The molecule has 0 amide bonds. The first kappa shape index (κ1) is 53.5. The molecular weight excluding hydrogens is 1180 g/mol. The summed E-state index contributed by atoms with van der Waals surface area (Å²) >= 11 is 0. The molecule has 0 spiro atoms. The van der Waals surface area contributed by atoms with E-state index in [0.717, 1.165) is 62.3 Å². The number of anilines is 6. The third-order valence-electron chi connectivity index (χ3n) is 20.7. The average molecular weight is 1230 g/mol. The lowest BCUT2D eigenvalue weighted by Gasteiger charge is -2.27. The molecule has 2 aliphatic rings. The van der Waals surface area contributed by atoms with Crippen LogP contribution in [0.4, 0.5) is 34.1 Å². The van der Waals surface area contributed by atoms with Crippen LogP contribution < -0.4 is 9.80 Å². The third kappa shape index (κ3) is 7.81. The van der Waals surface area contributed by atoms with Gasteiger partial charge in [0.25, 0.3) is 0 Å². The molecule has 0 unspecified atom stereocenters. The zero-order valence-electron chi connectivity index (χ0n) is 52.5. The Morgan fingerprint density at radius 3 is 1.31 bits per heavy atom. The lowest BCUT2D eigenvalue weighted by Crippen LogP contribution is -2.10. The topological polar surface area (TPSA) is 34.2 Å². The monoisotopic (exact) mass is 1230 g/mol. The summed E-state index contributed by atoms with van der Waals surface area (Å²) in [5, 5.41) is 12.5. The molecule has 0 saturated carbocycles. The molecule has 19 aromatic rings. The summed E-state index contributed by atoms with van der Waals surface area (Å²) < 4.78 is 7.31. The van der Waals surface area contributed by atoms with Crippen molar-refractivity contribution in [2.75, 3.05) is 9.80 Å². The largest absolute Gasteiger partial charge is 0.310 e. The predicted octanol–water partition coefficient (Wildman–Crippen LogP) is 24.6. The second kappa shape index (κ2) is 20.7. The number of fused-ring (bicyclic) bond motifs is 9. The van der Waals surface area contributed by atoms with E-state index in [-0.39, 0.29) is 0 Å². The van der Waals surface area contributed by atoms with Gasteiger partial charge in [0.2, 0.25) is 0 Å². The molecule has 0 fully saturated rings. The van der Waals surface area contributed by atoms with Crippen molar-refractivity contribution in [3.8, 4) is 72.7 Å². The normalized spacial score (nSPS) is 12.1. The lowest BCUT2D eigenvalue weighted by atomic mass is 9.89. The van der Waals surface area contributed by atoms with Crippen LogP contribution in [-0.4, -0.2) is 18.7 Å². The van der Waals surface area contributed by atoms with Gasteiger partial charge in [-0.25, -0.2) is 0 Å². The maximum absolute atomic E-state index is 4.77. The third-order valence-corrected chi connectivity index (χ3v) is 20.7. The first-order chi connectivity index (χ1) is 48.2. The maximum Gasteiger partial charge on any atom is 0.0644 e. The van der Waals surface area contributed by atoms with Gasteiger partial charge >= 0.3 is 0 Å². The summed E-state index contributed by atoms with van der Waals surface area (Å²) in [6.07, 6.45) is 3.85. The molecule has 0 atom stereocenters. The van der Waals surface area contributed by atoms with Crippen LogP contribution in [0.3, 0.4) is 0 Å². The fourth-order valence-corrected chi connectivity index (χ4v) is 16.8. The van der Waals surface area contributed by atoms with Crippen LogP contribution in [0.15, 0.2) is 340 Å². The van der Waals surface area contributed by atoms with E-state index < -0.39 is 0 Å². The summed E-state index contributed by atoms with van der Waals surface area (Å²) in [5.74, 6) is 0. The molecule has 4 aromatic heterocycles. The number of para-hydroxylation sites is 5. The van der Waals surface area contributed by atoms with Gasteiger partial charge in [0, 0.05) is 89.4 Å². The zero-order chi connectivity index (χ0) is 63.4. The smallest absolute Gasteiger partial charge is 0.0644 e. The summed E-state index contributed by atoms with van der Waals surface area (Å²) in [4.78, 5) is 9.59. The van der Waals surface area contributed by atoms with Crippen LogP contribution in [0.5, 0.6) is 0 Å². The van der Waals surface area contributed by atoms with Gasteiger partial charge < -0.3 is 23.5 Å². The first-order valence-corrected chi connectivity index (χ1v) is 33.3. The van der Waals surface area contributed by atoms with E-state index in [9.17, 15) is 0 Å². The molecule has 4 heterocycles. The lowest BCUT2D eigenvalue weighted by molar-refractivity contribution is 1.18. The first-order valence-electron chi connectivity index (χ1n) is 33.3. The molecule has 97 heavy (non-hydrogen) atoms. The second-order valence-corrected chi connectivity index (χ2v) is 25.8. The van der Waals surface area contributed by atoms with Gasteiger partial charge in [0.1, 0.15) is 0 Å². The van der Waals surface area contributed by atoms with E-state index in [0.29, 0.717) is 0 Å². The molecule has 6 nitrogen and oxygen atoms in total. The fourth-order valence-electron chi connectivity index (χ4n) is 16.8. The van der Waals surface area contributed by atoms with E-state index >= 15 is 0 Å². The Morgan fingerprint density at radius 2 is 0.660 bits per heavy atom. The molecule has 21 rings (SSSR count). The highest BCUT2D eigenvalue weighted by Gasteiger charge is 2.30. The van der Waals surface area contributed by atoms with E-state index in [2.05, 4.69) is 345 Å². The van der Waals surface area contributed by atoms with Gasteiger partial charge in [-0.1, -0.05) is 182 Å². The Bertz CT molecular complexity index is 6480. The van der Waals surface area contributed by atoms with E-state index in [1.165, 1.54) is 131 Å². The molecule has 0 aliphatic heterocycles. The molecule has 15 aromatic carbocycles. The highest BCUT2D eigenvalue weighted by molar-refractivity contribution is 6.33. The van der Waals surface area contributed by atoms with Crippen molar-refractivity contribution in [3.05, 3.63) is 340 Å². The van der Waals surface area contributed by atoms with Crippen LogP contribution >= 0.6 is 0 Å². The Hall–Kier alpha value is -13.0. The van der Waals surface area contributed by atoms with Crippen LogP contribution in [0.2, 0.25) is 0 Å². The minimum absolute atomic E-state index is 0.974. The zero-order valence-corrected chi connectivity index (χ0v) is 52.5. The van der Waals surface area contributed by atoms with Crippen molar-refractivity contribution in [2.45, 2.75) is 0 Å². The quantitative estimate of drug-likeness (QED) is 0.137. The van der Waals surface area contributed by atoms with Gasteiger partial charge in [-0.05, 0) is 217 Å². The highest BCUT2D eigenvalue weighted by Crippen LogP contribution is 2.55. The Labute approximate surface area is 558 Å². The molecular formula is C91H56N6. The van der Waals surface area contributed by atoms with Gasteiger partial charge in [0.15, 0.2) is 0 Å². The maximum atomic E-state index is 4.77. The minimum atomic E-state index is 0.974. The molecule has 0 radical (unpaired) electrons. The molecule has 450 valence electrons. The van der Waals surface area contributed by atoms with Crippen molar-refractivity contribution in [3.63, 3.8) is 0 Å². The number of benzene rings is 15. The predicted molar refractivity (Wildman–Crippen MR) is 406 cm³/mol. The van der Waals surface area contributed by atoms with Crippen LogP contribution in [-0.2, 0) is 0 Å². The summed E-state index contributed by atoms with van der Waals surface area (Å²) in [6.45, 7) is 0.